The van der Waals surface area contributed by atoms with Crippen molar-refractivity contribution in [3.05, 3.63) is 36.0 Å². The second-order valence-corrected chi connectivity index (χ2v) is 12.2. The number of nitriles is 1. The molecule has 34 heavy (non-hydrogen) atoms. The number of nitrogens with two attached hydrogens (primary N) is 1. The number of amides is 1. The van der Waals surface area contributed by atoms with Gasteiger partial charge in [0.05, 0.1) is 22.9 Å². The summed E-state index contributed by atoms with van der Waals surface area (Å²) in [6.07, 6.45) is 9.43. The molecule has 2 heterocycles. The van der Waals surface area contributed by atoms with Gasteiger partial charge in [0.2, 0.25) is 0 Å². The van der Waals surface area contributed by atoms with Crippen LogP contribution in [0.2, 0.25) is 0 Å². The van der Waals surface area contributed by atoms with Gasteiger partial charge in [0.15, 0.2) is 15.7 Å². The summed E-state index contributed by atoms with van der Waals surface area (Å²) in [6, 6.07) is 9.02. The predicted octanol–water partition coefficient (Wildman–Crippen LogP) is 2.85. The molecule has 1 spiro atoms. The largest absolute Gasteiger partial charge is 0.365 e. The quantitative estimate of drug-likeness (QED) is 0.646. The molecular weight excluding hydrogens is 452 g/mol. The topological polar surface area (TPSA) is 134 Å². The molecule has 3 fully saturated rings. The molecule has 1 aromatic heterocycles. The maximum Gasteiger partial charge on any atom is 0.254 e. The molecule has 10 heteroatoms. The van der Waals surface area contributed by atoms with Crippen molar-refractivity contribution in [2.24, 2.45) is 17.1 Å². The fourth-order valence-electron chi connectivity index (χ4n) is 5.74. The Morgan fingerprint density at radius 3 is 2.50 bits per heavy atom. The molecule has 1 amide bonds. The van der Waals surface area contributed by atoms with Gasteiger partial charge in [-0.2, -0.15) is 10.4 Å². The van der Waals surface area contributed by atoms with Gasteiger partial charge in [0.25, 0.3) is 5.91 Å². The molecule has 3 unspecified atom stereocenters. The van der Waals surface area contributed by atoms with Crippen molar-refractivity contribution in [3.63, 3.8) is 0 Å². The first kappa shape index (κ1) is 22.9. The third kappa shape index (κ3) is 4.18. The van der Waals surface area contributed by atoms with Gasteiger partial charge >= 0.3 is 0 Å². The monoisotopic (exact) mass is 482 g/mol. The van der Waals surface area contributed by atoms with E-state index in [9.17, 15) is 18.5 Å². The van der Waals surface area contributed by atoms with Gasteiger partial charge in [-0.05, 0) is 61.8 Å². The summed E-state index contributed by atoms with van der Waals surface area (Å²) in [7, 11) is -3.30. The molecule has 1 saturated heterocycles. The lowest BCUT2D eigenvalue weighted by Gasteiger charge is -2.59. The van der Waals surface area contributed by atoms with Crippen LogP contribution in [0.15, 0.2) is 35.4 Å². The van der Waals surface area contributed by atoms with E-state index >= 15 is 0 Å². The predicted molar refractivity (Wildman–Crippen MR) is 127 cm³/mol. The summed E-state index contributed by atoms with van der Waals surface area (Å²) < 4.78 is 25.1. The number of primary amides is 1. The summed E-state index contributed by atoms with van der Waals surface area (Å²) in [5, 5.41) is 17.6. The molecule has 3 aliphatic rings. The maximum absolute atomic E-state index is 12.1. The van der Waals surface area contributed by atoms with Crippen LogP contribution in [0.25, 0.3) is 0 Å². The normalized spacial score (nSPS) is 26.3. The third-order valence-electron chi connectivity index (χ3n) is 7.84. The van der Waals surface area contributed by atoms with Crippen LogP contribution < -0.4 is 11.1 Å². The number of nitrogens with zero attached hydrogens (tertiary/aromatic N) is 4. The molecule has 2 saturated carbocycles. The average Bonchev–Trinajstić information content (AvgIpc) is 3.15. The molecule has 3 N–H and O–H groups in total. The number of benzene rings is 1. The van der Waals surface area contributed by atoms with Gasteiger partial charge in [0.1, 0.15) is 5.56 Å². The van der Waals surface area contributed by atoms with Crippen LogP contribution in [0.1, 0.15) is 54.9 Å². The lowest BCUT2D eigenvalue weighted by Crippen LogP contribution is -2.63. The zero-order valence-corrected chi connectivity index (χ0v) is 20.1. The highest BCUT2D eigenvalue weighted by Gasteiger charge is 2.50. The molecule has 0 radical (unpaired) electrons. The van der Waals surface area contributed by atoms with Gasteiger partial charge in [0, 0.05) is 37.3 Å². The maximum atomic E-state index is 12.1. The van der Waals surface area contributed by atoms with Gasteiger partial charge < -0.3 is 11.1 Å². The average molecular weight is 483 g/mol. The second-order valence-electron chi connectivity index (χ2n) is 10.2. The fourth-order valence-corrected chi connectivity index (χ4v) is 6.37. The van der Waals surface area contributed by atoms with Crippen molar-refractivity contribution in [2.45, 2.75) is 55.5 Å². The summed E-state index contributed by atoms with van der Waals surface area (Å²) in [4.78, 5) is 14.9. The number of hydrogen-bond acceptors (Lipinski definition) is 7. The molecule has 1 aliphatic heterocycles. The third-order valence-corrected chi connectivity index (χ3v) is 8.97. The SMILES string of the molecule is CS(=O)(=O)c1ccc(Nc2nn(C3CCC(N4CC5(CCC5)C4)CC3C#N)cc2C(N)=O)cc1. The van der Waals surface area contributed by atoms with Crippen molar-refractivity contribution in [1.29, 1.82) is 5.26 Å². The van der Waals surface area contributed by atoms with Crippen molar-refractivity contribution >= 4 is 27.2 Å². The van der Waals surface area contributed by atoms with Gasteiger partial charge in [-0.3, -0.25) is 14.4 Å². The highest BCUT2D eigenvalue weighted by atomic mass is 32.2. The molecule has 2 aromatic rings. The van der Waals surface area contributed by atoms with Crippen LogP contribution in [-0.4, -0.2) is 54.4 Å². The first-order valence-electron chi connectivity index (χ1n) is 11.8. The van der Waals surface area contributed by atoms with E-state index in [0.29, 0.717) is 23.0 Å². The number of rotatable bonds is 6. The molecule has 2 aliphatic carbocycles. The molecule has 5 rings (SSSR count). The smallest absolute Gasteiger partial charge is 0.254 e. The highest BCUT2D eigenvalue weighted by molar-refractivity contribution is 7.90. The lowest BCUT2D eigenvalue weighted by atomic mass is 9.62. The Balaban J connectivity index is 1.31. The number of likely N-dealkylation sites (tertiary alicyclic amines) is 1. The van der Waals surface area contributed by atoms with Crippen molar-refractivity contribution in [3.8, 4) is 6.07 Å². The van der Waals surface area contributed by atoms with Crippen LogP contribution in [0.3, 0.4) is 0 Å². The van der Waals surface area contributed by atoms with Crippen LogP contribution in [-0.2, 0) is 9.84 Å². The first-order chi connectivity index (χ1) is 16.2. The van der Waals surface area contributed by atoms with E-state index in [1.807, 2.05) is 0 Å². The molecule has 1 aromatic carbocycles. The molecular formula is C24H30N6O3S. The lowest BCUT2D eigenvalue weighted by molar-refractivity contribution is -0.0941. The summed E-state index contributed by atoms with van der Waals surface area (Å²) in [6.45, 7) is 2.33. The molecule has 0 bridgehead atoms. The van der Waals surface area contributed by atoms with E-state index in [1.165, 1.54) is 44.5 Å². The van der Waals surface area contributed by atoms with E-state index in [2.05, 4.69) is 21.4 Å². The standard InChI is InChI=1S/C24H30N6O3S/c1-34(32,33)19-6-3-17(4-7-19)27-23-20(22(26)31)13-30(28-23)21-8-5-18(11-16(21)12-25)29-14-24(15-29)9-2-10-24/h3-4,6-7,13,16,18,21H,2,5,8-11,14-15H2,1H3,(H2,26,31)(H,27,28). The number of anilines is 2. The van der Waals surface area contributed by atoms with E-state index in [-0.39, 0.29) is 22.4 Å². The Hall–Kier alpha value is -2.90. The number of sulfone groups is 1. The van der Waals surface area contributed by atoms with Crippen molar-refractivity contribution in [1.82, 2.24) is 14.7 Å². The van der Waals surface area contributed by atoms with E-state index in [4.69, 9.17) is 5.73 Å². The minimum Gasteiger partial charge on any atom is -0.365 e. The number of nitrogens with one attached hydrogen (secondary N) is 1. The van der Waals surface area contributed by atoms with Gasteiger partial charge in [-0.25, -0.2) is 8.42 Å². The van der Waals surface area contributed by atoms with E-state index in [0.717, 1.165) is 25.5 Å². The first-order valence-corrected chi connectivity index (χ1v) is 13.7. The van der Waals surface area contributed by atoms with Gasteiger partial charge in [-0.15, -0.1) is 0 Å². The number of carbonyl (C=O) groups is 1. The molecule has 180 valence electrons. The molecule has 3 atom stereocenters. The van der Waals surface area contributed by atoms with Crippen LogP contribution in [0.4, 0.5) is 11.5 Å². The zero-order chi connectivity index (χ0) is 24.1. The Kier molecular flexibility index (Phi) is 5.65. The van der Waals surface area contributed by atoms with E-state index < -0.39 is 15.7 Å². The van der Waals surface area contributed by atoms with Gasteiger partial charge in [-0.1, -0.05) is 6.42 Å². The number of carbonyl (C=O) groups excluding carboxylic acids is 1. The van der Waals surface area contributed by atoms with Crippen molar-refractivity contribution in [2.75, 3.05) is 24.7 Å². The van der Waals surface area contributed by atoms with Crippen molar-refractivity contribution < 1.29 is 13.2 Å². The minimum atomic E-state index is -3.30. The fraction of sp³-hybridized carbons (Fsp3) is 0.542. The van der Waals surface area contributed by atoms with Crippen LogP contribution >= 0.6 is 0 Å². The summed E-state index contributed by atoms with van der Waals surface area (Å²) in [5.41, 5.74) is 7.00. The Morgan fingerprint density at radius 1 is 1.24 bits per heavy atom. The summed E-state index contributed by atoms with van der Waals surface area (Å²) in [5.74, 6) is -0.512. The summed E-state index contributed by atoms with van der Waals surface area (Å²) >= 11 is 0. The number of hydrogen-bond donors (Lipinski definition) is 2. The minimum absolute atomic E-state index is 0.124. The van der Waals surface area contributed by atoms with Crippen LogP contribution in [0, 0.1) is 22.7 Å². The Labute approximate surface area is 199 Å². The second kappa shape index (κ2) is 8.40. The molecule has 9 nitrogen and oxygen atoms in total. The van der Waals surface area contributed by atoms with E-state index in [1.54, 1.807) is 23.0 Å². The number of aromatic nitrogens is 2. The Morgan fingerprint density at radius 2 is 1.94 bits per heavy atom. The Bertz CT molecular complexity index is 1230. The van der Waals surface area contributed by atoms with Crippen LogP contribution in [0.5, 0.6) is 0 Å². The highest BCUT2D eigenvalue weighted by Crippen LogP contribution is 2.50. The zero-order valence-electron chi connectivity index (χ0n) is 19.3.